The molecule has 0 unspecified atom stereocenters. The van der Waals surface area contributed by atoms with Gasteiger partial charge in [0, 0.05) is 68.5 Å². The fraction of sp³-hybridized carbons (Fsp3) is 0. The Morgan fingerprint density at radius 3 is 1.33 bits per heavy atom. The number of rotatable bonds is 2. The molecule has 0 saturated carbocycles. The first-order chi connectivity index (χ1) is 22.8. The molecule has 0 spiro atoms. The average Bonchev–Trinajstić information content (AvgIpc) is 3.84. The van der Waals surface area contributed by atoms with E-state index in [1.54, 1.807) is 0 Å². The van der Waals surface area contributed by atoms with Gasteiger partial charge in [0.25, 0.3) is 0 Å². The maximum absolute atomic E-state index is 6.44. The van der Waals surface area contributed by atoms with Gasteiger partial charge in [0.1, 0.15) is 33.6 Å². The van der Waals surface area contributed by atoms with Crippen molar-refractivity contribution in [2.75, 3.05) is 0 Å². The maximum atomic E-state index is 6.44. The van der Waals surface area contributed by atoms with Crippen LogP contribution in [0, 0.1) is 0 Å². The van der Waals surface area contributed by atoms with Crippen molar-refractivity contribution in [1.82, 2.24) is 29.1 Å². The van der Waals surface area contributed by atoms with E-state index in [0.29, 0.717) is 0 Å². The molecule has 8 heterocycles. The number of hydrogen-bond donors (Lipinski definition) is 0. The molecule has 0 amide bonds. The molecular weight excluding hydrogens is 572 g/mol. The van der Waals surface area contributed by atoms with Gasteiger partial charge in [-0.1, -0.05) is 0 Å². The van der Waals surface area contributed by atoms with Crippen molar-refractivity contribution in [3.8, 4) is 11.4 Å². The summed E-state index contributed by atoms with van der Waals surface area (Å²) in [5.41, 5.74) is 10.8. The number of furan rings is 2. The highest BCUT2D eigenvalue weighted by Crippen LogP contribution is 2.39. The Kier molecular flexibility index (Phi) is 4.43. The molecule has 0 aliphatic carbocycles. The minimum Gasteiger partial charge on any atom is -0.456 e. The standard InChI is InChI=1S/C38H20N6O2/c1-5-23-35-29(7-3-13-39-35)43(37(23)41-15-1)21-9-11-31-25(17-21)27-19-34-28(20-33(27)45-31)26-18-22(10-12-32(26)46-34)44-30-8-4-14-40-36(30)24-6-2-16-42-38(24)44/h1-20H. The Hall–Kier alpha value is -6.54. The Labute approximate surface area is 258 Å². The zero-order chi connectivity index (χ0) is 29.9. The van der Waals surface area contributed by atoms with Crippen molar-refractivity contribution in [3.63, 3.8) is 0 Å². The third kappa shape index (κ3) is 3.07. The molecule has 3 aromatic carbocycles. The zero-order valence-corrected chi connectivity index (χ0v) is 24.0. The van der Waals surface area contributed by atoms with Crippen LogP contribution in [0.1, 0.15) is 0 Å². The molecule has 0 aliphatic heterocycles. The lowest BCUT2D eigenvalue weighted by Gasteiger charge is -2.06. The number of hydrogen-bond acceptors (Lipinski definition) is 6. The summed E-state index contributed by atoms with van der Waals surface area (Å²) in [6, 6.07) is 32.9. The molecule has 0 bridgehead atoms. The van der Waals surface area contributed by atoms with Gasteiger partial charge in [-0.15, -0.1) is 0 Å². The summed E-state index contributed by atoms with van der Waals surface area (Å²) in [6.07, 6.45) is 7.29. The van der Waals surface area contributed by atoms with E-state index in [4.69, 9.17) is 18.8 Å². The van der Waals surface area contributed by atoms with Crippen LogP contribution in [0.15, 0.2) is 131 Å². The average molecular weight is 593 g/mol. The van der Waals surface area contributed by atoms with Gasteiger partial charge in [-0.25, -0.2) is 9.97 Å². The number of pyridine rings is 4. The van der Waals surface area contributed by atoms with Crippen molar-refractivity contribution in [2.24, 2.45) is 0 Å². The number of aromatic nitrogens is 6. The van der Waals surface area contributed by atoms with Crippen molar-refractivity contribution >= 4 is 88.0 Å². The summed E-state index contributed by atoms with van der Waals surface area (Å²) in [5.74, 6) is 0. The molecule has 0 saturated heterocycles. The van der Waals surface area contributed by atoms with Crippen LogP contribution >= 0.6 is 0 Å². The molecular formula is C38H20N6O2. The van der Waals surface area contributed by atoms with E-state index in [1.807, 2.05) is 61.2 Å². The Morgan fingerprint density at radius 2 is 0.826 bits per heavy atom. The third-order valence-electron chi connectivity index (χ3n) is 9.11. The van der Waals surface area contributed by atoms with Gasteiger partial charge < -0.3 is 8.83 Å². The summed E-state index contributed by atoms with van der Waals surface area (Å²) >= 11 is 0. The second-order valence-corrected chi connectivity index (χ2v) is 11.6. The van der Waals surface area contributed by atoms with E-state index >= 15 is 0 Å². The van der Waals surface area contributed by atoms with Crippen LogP contribution in [-0.4, -0.2) is 29.1 Å². The molecule has 8 heteroatoms. The largest absolute Gasteiger partial charge is 0.456 e. The van der Waals surface area contributed by atoms with Gasteiger partial charge in [-0.3, -0.25) is 19.1 Å². The second kappa shape index (κ2) is 8.55. The summed E-state index contributed by atoms with van der Waals surface area (Å²) in [7, 11) is 0. The molecule has 0 N–H and O–H groups in total. The second-order valence-electron chi connectivity index (χ2n) is 11.6. The van der Waals surface area contributed by atoms with E-state index in [0.717, 1.165) is 99.4 Å². The van der Waals surface area contributed by atoms with Crippen LogP contribution in [0.3, 0.4) is 0 Å². The van der Waals surface area contributed by atoms with Crippen LogP contribution in [0.5, 0.6) is 0 Å². The monoisotopic (exact) mass is 592 g/mol. The van der Waals surface area contributed by atoms with Crippen LogP contribution in [-0.2, 0) is 0 Å². The quantitative estimate of drug-likeness (QED) is 0.199. The van der Waals surface area contributed by atoms with Gasteiger partial charge in [0.15, 0.2) is 0 Å². The van der Waals surface area contributed by atoms with Crippen LogP contribution < -0.4 is 0 Å². The first-order valence-corrected chi connectivity index (χ1v) is 15.0. The highest BCUT2D eigenvalue weighted by Gasteiger charge is 2.19. The summed E-state index contributed by atoms with van der Waals surface area (Å²) in [6.45, 7) is 0. The normalized spacial score (nSPS) is 12.3. The molecule has 214 valence electrons. The predicted octanol–water partition coefficient (Wildman–Crippen LogP) is 9.26. The topological polar surface area (TPSA) is 87.7 Å². The number of nitrogens with zero attached hydrogens (tertiary/aromatic N) is 6. The minimum absolute atomic E-state index is 0.803. The zero-order valence-electron chi connectivity index (χ0n) is 24.0. The maximum Gasteiger partial charge on any atom is 0.147 e. The molecule has 0 aliphatic rings. The molecule has 0 radical (unpaired) electrons. The first kappa shape index (κ1) is 23.9. The van der Waals surface area contributed by atoms with Crippen LogP contribution in [0.25, 0.3) is 99.4 Å². The lowest BCUT2D eigenvalue weighted by molar-refractivity contribution is 0.664. The summed E-state index contributed by atoms with van der Waals surface area (Å²) in [4.78, 5) is 18.8. The Morgan fingerprint density at radius 1 is 0.391 bits per heavy atom. The smallest absolute Gasteiger partial charge is 0.147 e. The van der Waals surface area contributed by atoms with Gasteiger partial charge in [0.05, 0.1) is 22.1 Å². The van der Waals surface area contributed by atoms with E-state index in [2.05, 4.69) is 79.8 Å². The van der Waals surface area contributed by atoms with Gasteiger partial charge in [0.2, 0.25) is 0 Å². The highest BCUT2D eigenvalue weighted by molar-refractivity contribution is 6.16. The van der Waals surface area contributed by atoms with Gasteiger partial charge in [-0.05, 0) is 97.1 Å². The Bertz CT molecular complexity index is 2740. The Balaban J connectivity index is 1.13. The van der Waals surface area contributed by atoms with E-state index < -0.39 is 0 Å². The predicted molar refractivity (Wildman–Crippen MR) is 181 cm³/mol. The van der Waals surface area contributed by atoms with Crippen molar-refractivity contribution in [1.29, 1.82) is 0 Å². The third-order valence-corrected chi connectivity index (χ3v) is 9.11. The SMILES string of the molecule is c1cnc2c(c1)c1ncccc1n2-c1ccc2oc3cc4c(cc3c2c1)oc1ccc(-n2c3cccnc3c3cccnc32)cc14. The number of fused-ring (bicyclic) bond motifs is 12. The molecule has 0 fully saturated rings. The minimum atomic E-state index is 0.803. The van der Waals surface area contributed by atoms with E-state index in [1.165, 1.54) is 0 Å². The fourth-order valence-corrected chi connectivity index (χ4v) is 7.14. The summed E-state index contributed by atoms with van der Waals surface area (Å²) in [5, 5.41) is 6.04. The molecule has 8 aromatic heterocycles. The molecule has 0 atom stereocenters. The van der Waals surface area contributed by atoms with Crippen molar-refractivity contribution in [2.45, 2.75) is 0 Å². The van der Waals surface area contributed by atoms with Crippen molar-refractivity contribution < 1.29 is 8.83 Å². The van der Waals surface area contributed by atoms with Crippen LogP contribution in [0.4, 0.5) is 0 Å². The molecule has 8 nitrogen and oxygen atoms in total. The summed E-state index contributed by atoms with van der Waals surface area (Å²) < 4.78 is 17.2. The number of benzene rings is 3. The van der Waals surface area contributed by atoms with Gasteiger partial charge in [-0.2, -0.15) is 0 Å². The lowest BCUT2D eigenvalue weighted by atomic mass is 10.1. The first-order valence-electron chi connectivity index (χ1n) is 15.0. The molecule has 11 rings (SSSR count). The molecule has 46 heavy (non-hydrogen) atoms. The van der Waals surface area contributed by atoms with Crippen molar-refractivity contribution in [3.05, 3.63) is 122 Å². The molecule has 11 aromatic rings. The van der Waals surface area contributed by atoms with Crippen LogP contribution in [0.2, 0.25) is 0 Å². The lowest BCUT2D eigenvalue weighted by Crippen LogP contribution is -1.95. The fourth-order valence-electron chi connectivity index (χ4n) is 7.14. The highest BCUT2D eigenvalue weighted by atomic mass is 16.3. The van der Waals surface area contributed by atoms with E-state index in [9.17, 15) is 0 Å². The van der Waals surface area contributed by atoms with Gasteiger partial charge >= 0.3 is 0 Å². The van der Waals surface area contributed by atoms with E-state index in [-0.39, 0.29) is 0 Å².